The van der Waals surface area contributed by atoms with Crippen molar-refractivity contribution in [1.82, 2.24) is 14.6 Å². The number of hydrogen-bond acceptors (Lipinski definition) is 6. The van der Waals surface area contributed by atoms with Crippen LogP contribution in [0, 0.1) is 0 Å². The number of carbonyl (C=O) groups excluding carboxylic acids is 1. The van der Waals surface area contributed by atoms with Crippen molar-refractivity contribution in [3.8, 4) is 10.6 Å². The van der Waals surface area contributed by atoms with Gasteiger partial charge in [-0.15, -0.1) is 11.3 Å². The first-order valence-corrected chi connectivity index (χ1v) is 11.9. The van der Waals surface area contributed by atoms with Gasteiger partial charge >= 0.3 is 0 Å². The van der Waals surface area contributed by atoms with Crippen molar-refractivity contribution < 1.29 is 13.2 Å². The van der Waals surface area contributed by atoms with E-state index in [1.807, 2.05) is 27.1 Å². The van der Waals surface area contributed by atoms with Crippen LogP contribution in [-0.4, -0.2) is 49.6 Å². The smallest absolute Gasteiger partial charge is 0.273 e. The molecule has 1 atom stereocenters. The third kappa shape index (κ3) is 4.87. The van der Waals surface area contributed by atoms with Crippen molar-refractivity contribution in [2.24, 2.45) is 0 Å². The van der Waals surface area contributed by atoms with Gasteiger partial charge in [0.25, 0.3) is 5.91 Å². The number of likely N-dealkylation sites (tertiary alicyclic amines) is 1. The summed E-state index contributed by atoms with van der Waals surface area (Å²) < 4.78 is 25.0. The molecule has 1 aliphatic rings. The van der Waals surface area contributed by atoms with Crippen LogP contribution in [-0.2, 0) is 10.0 Å². The van der Waals surface area contributed by atoms with Gasteiger partial charge in [-0.1, -0.05) is 0 Å². The molecule has 0 aliphatic carbocycles. The summed E-state index contributed by atoms with van der Waals surface area (Å²) in [7, 11) is -3.20. The fraction of sp³-hybridized carbons (Fsp3) is 0.500. The third-order valence-corrected chi connectivity index (χ3v) is 6.52. The van der Waals surface area contributed by atoms with Gasteiger partial charge in [0, 0.05) is 35.5 Å². The normalized spacial score (nSPS) is 18.4. The average molecular weight is 400 g/mol. The molecule has 0 aromatic carbocycles. The molecule has 1 saturated heterocycles. The largest absolute Gasteiger partial charge is 0.334 e. The fourth-order valence-electron chi connectivity index (χ4n) is 3.02. The van der Waals surface area contributed by atoms with Gasteiger partial charge in [0.05, 0.1) is 6.26 Å². The van der Waals surface area contributed by atoms with Crippen LogP contribution in [0.3, 0.4) is 0 Å². The number of aromatic nitrogens is 1. The molecule has 2 aromatic heterocycles. The summed E-state index contributed by atoms with van der Waals surface area (Å²) in [6.45, 7) is 1.05. The Bertz CT molecular complexity index is 815. The van der Waals surface area contributed by atoms with Crippen LogP contribution in [0.4, 0.5) is 0 Å². The zero-order valence-corrected chi connectivity index (χ0v) is 16.4. The van der Waals surface area contributed by atoms with Gasteiger partial charge in [0.2, 0.25) is 10.0 Å². The molecular weight excluding hydrogens is 378 g/mol. The van der Waals surface area contributed by atoms with Crippen molar-refractivity contribution in [2.45, 2.75) is 31.7 Å². The van der Waals surface area contributed by atoms with Crippen LogP contribution in [0.25, 0.3) is 10.6 Å². The van der Waals surface area contributed by atoms with E-state index in [0.717, 1.165) is 36.1 Å². The maximum atomic E-state index is 12.9. The lowest BCUT2D eigenvalue weighted by Crippen LogP contribution is -2.45. The second-order valence-corrected chi connectivity index (χ2v) is 9.62. The molecule has 25 heavy (non-hydrogen) atoms. The van der Waals surface area contributed by atoms with Gasteiger partial charge in [0.1, 0.15) is 10.7 Å². The Balaban J connectivity index is 1.68. The summed E-state index contributed by atoms with van der Waals surface area (Å²) in [4.78, 5) is 19.3. The Morgan fingerprint density at radius 3 is 2.96 bits per heavy atom. The van der Waals surface area contributed by atoms with Crippen molar-refractivity contribution >= 4 is 38.6 Å². The van der Waals surface area contributed by atoms with Gasteiger partial charge in [-0.2, -0.15) is 11.3 Å². The van der Waals surface area contributed by atoms with Crippen LogP contribution in [0.1, 0.15) is 36.2 Å². The lowest BCUT2D eigenvalue weighted by atomic mass is 9.99. The Morgan fingerprint density at radius 2 is 2.24 bits per heavy atom. The number of amides is 1. The monoisotopic (exact) mass is 399 g/mol. The van der Waals surface area contributed by atoms with Gasteiger partial charge in [-0.05, 0) is 37.1 Å². The van der Waals surface area contributed by atoms with E-state index in [9.17, 15) is 13.2 Å². The summed E-state index contributed by atoms with van der Waals surface area (Å²) in [6, 6.07) is 2.06. The number of nitrogens with zero attached hydrogens (tertiary/aromatic N) is 2. The van der Waals surface area contributed by atoms with E-state index >= 15 is 0 Å². The van der Waals surface area contributed by atoms with Crippen LogP contribution in [0.2, 0.25) is 0 Å². The number of carbonyl (C=O) groups is 1. The molecule has 1 aliphatic heterocycles. The first-order valence-electron chi connectivity index (χ1n) is 8.18. The van der Waals surface area contributed by atoms with Gasteiger partial charge in [-0.25, -0.2) is 18.1 Å². The zero-order chi connectivity index (χ0) is 17.9. The van der Waals surface area contributed by atoms with E-state index in [-0.39, 0.29) is 11.9 Å². The van der Waals surface area contributed by atoms with Gasteiger partial charge < -0.3 is 4.90 Å². The fourth-order valence-corrected chi connectivity index (χ4v) is 5.01. The van der Waals surface area contributed by atoms with E-state index in [1.165, 1.54) is 11.3 Å². The second-order valence-electron chi connectivity index (χ2n) is 6.15. The highest BCUT2D eigenvalue weighted by Gasteiger charge is 2.28. The van der Waals surface area contributed by atoms with Crippen molar-refractivity contribution in [2.75, 3.05) is 19.3 Å². The Morgan fingerprint density at radius 1 is 1.40 bits per heavy atom. The standard InChI is InChI=1S/C16H21N3O3S3/c1-25(21,22)17-7-5-13-4-2-3-8-19(13)16(20)14-11-24-15(18-14)12-6-9-23-10-12/h6,9-11,13,17H,2-5,7-8H2,1H3. The lowest BCUT2D eigenvalue weighted by molar-refractivity contribution is 0.0599. The Kier molecular flexibility index (Phi) is 5.88. The zero-order valence-electron chi connectivity index (χ0n) is 14.0. The maximum Gasteiger partial charge on any atom is 0.273 e. The molecule has 1 amide bonds. The number of nitrogens with one attached hydrogen (secondary N) is 1. The van der Waals surface area contributed by atoms with Crippen LogP contribution >= 0.6 is 22.7 Å². The highest BCUT2D eigenvalue weighted by atomic mass is 32.2. The predicted octanol–water partition coefficient (Wildman–Crippen LogP) is 2.81. The first kappa shape index (κ1) is 18.5. The molecule has 0 bridgehead atoms. The number of thiazole rings is 1. The highest BCUT2D eigenvalue weighted by Crippen LogP contribution is 2.28. The SMILES string of the molecule is CS(=O)(=O)NCCC1CCCCN1C(=O)c1csc(-c2ccsc2)n1. The quantitative estimate of drug-likeness (QED) is 0.810. The summed E-state index contributed by atoms with van der Waals surface area (Å²) in [5.41, 5.74) is 1.52. The first-order chi connectivity index (χ1) is 11.9. The predicted molar refractivity (Wildman–Crippen MR) is 102 cm³/mol. The summed E-state index contributed by atoms with van der Waals surface area (Å²) in [5, 5.41) is 6.69. The average Bonchev–Trinajstić information content (AvgIpc) is 3.25. The van der Waals surface area contributed by atoms with Crippen molar-refractivity contribution in [1.29, 1.82) is 0 Å². The van der Waals surface area contributed by atoms with E-state index in [1.54, 1.807) is 11.3 Å². The molecule has 136 valence electrons. The van der Waals surface area contributed by atoms with Gasteiger partial charge in [0.15, 0.2) is 0 Å². The molecule has 0 radical (unpaired) electrons. The second kappa shape index (κ2) is 7.94. The van der Waals surface area contributed by atoms with E-state index in [2.05, 4.69) is 9.71 Å². The van der Waals surface area contributed by atoms with E-state index < -0.39 is 10.0 Å². The van der Waals surface area contributed by atoms with Crippen LogP contribution in [0.5, 0.6) is 0 Å². The highest BCUT2D eigenvalue weighted by molar-refractivity contribution is 7.88. The lowest BCUT2D eigenvalue weighted by Gasteiger charge is -2.35. The molecule has 1 fully saturated rings. The molecular formula is C16H21N3O3S3. The topological polar surface area (TPSA) is 79.4 Å². The van der Waals surface area contributed by atoms with E-state index in [4.69, 9.17) is 0 Å². The molecule has 0 spiro atoms. The number of rotatable bonds is 6. The molecule has 9 heteroatoms. The molecule has 0 saturated carbocycles. The number of sulfonamides is 1. The molecule has 1 N–H and O–H groups in total. The number of thiophene rings is 1. The molecule has 6 nitrogen and oxygen atoms in total. The van der Waals surface area contributed by atoms with Crippen LogP contribution in [0.15, 0.2) is 22.2 Å². The third-order valence-electron chi connectivity index (χ3n) is 4.22. The minimum absolute atomic E-state index is 0.0539. The molecule has 1 unspecified atom stereocenters. The number of piperidine rings is 1. The molecule has 3 heterocycles. The minimum Gasteiger partial charge on any atom is -0.334 e. The number of hydrogen-bond donors (Lipinski definition) is 1. The summed E-state index contributed by atoms with van der Waals surface area (Å²) in [5.74, 6) is -0.0539. The summed E-state index contributed by atoms with van der Waals surface area (Å²) in [6.07, 6.45) is 4.71. The van der Waals surface area contributed by atoms with Crippen LogP contribution < -0.4 is 4.72 Å². The van der Waals surface area contributed by atoms with Crippen molar-refractivity contribution in [3.63, 3.8) is 0 Å². The van der Waals surface area contributed by atoms with E-state index in [0.29, 0.717) is 25.2 Å². The minimum atomic E-state index is -3.20. The maximum absolute atomic E-state index is 12.9. The Labute approximate surface area is 155 Å². The summed E-state index contributed by atoms with van der Waals surface area (Å²) >= 11 is 3.09. The Hall–Kier alpha value is -1.29. The van der Waals surface area contributed by atoms with Crippen molar-refractivity contribution in [3.05, 3.63) is 27.9 Å². The molecule has 3 rings (SSSR count). The van der Waals surface area contributed by atoms with Gasteiger partial charge in [-0.3, -0.25) is 4.79 Å². The molecule has 2 aromatic rings.